The number of carboxylic acids is 1. The molecule has 4 nitrogen and oxygen atoms in total. The normalized spacial score (nSPS) is 10.7. The van der Waals surface area contributed by atoms with Crippen molar-refractivity contribution in [3.63, 3.8) is 0 Å². The molecule has 3 N–H and O–H groups in total. The predicted molar refractivity (Wildman–Crippen MR) is 59.0 cm³/mol. The van der Waals surface area contributed by atoms with Crippen LogP contribution < -0.4 is 0 Å². The van der Waals surface area contributed by atoms with Gasteiger partial charge in [0.25, 0.3) is 0 Å². The van der Waals surface area contributed by atoms with Gasteiger partial charge in [-0.2, -0.15) is 0 Å². The van der Waals surface area contributed by atoms with Crippen LogP contribution >= 0.6 is 15.9 Å². The second-order valence-electron chi connectivity index (χ2n) is 3.23. The number of rotatable bonds is 2. The molecule has 0 spiro atoms. The summed E-state index contributed by atoms with van der Waals surface area (Å²) in [5.74, 6) is -0.782. The van der Waals surface area contributed by atoms with Crippen molar-refractivity contribution in [1.29, 1.82) is 0 Å². The largest absolute Gasteiger partial charge is 0.508 e. The van der Waals surface area contributed by atoms with E-state index in [4.69, 9.17) is 5.11 Å². The molecule has 0 saturated carbocycles. The molecule has 0 atom stereocenters. The van der Waals surface area contributed by atoms with Crippen molar-refractivity contribution in [2.45, 2.75) is 6.42 Å². The Labute approximate surface area is 93.7 Å². The quantitative estimate of drug-likeness (QED) is 0.783. The minimum Gasteiger partial charge on any atom is -0.508 e. The second-order valence-corrected chi connectivity index (χ2v) is 4.09. The first-order valence-electron chi connectivity index (χ1n) is 4.28. The molecule has 2 aromatic rings. The monoisotopic (exact) mass is 269 g/mol. The van der Waals surface area contributed by atoms with Gasteiger partial charge in [0, 0.05) is 16.1 Å². The van der Waals surface area contributed by atoms with Gasteiger partial charge in [-0.1, -0.05) is 0 Å². The Morgan fingerprint density at radius 2 is 2.20 bits per heavy atom. The number of aromatic amines is 1. The van der Waals surface area contributed by atoms with Crippen LogP contribution in [0.25, 0.3) is 10.9 Å². The number of aromatic hydroxyl groups is 1. The van der Waals surface area contributed by atoms with Crippen molar-refractivity contribution in [2.24, 2.45) is 0 Å². The predicted octanol–water partition coefficient (Wildman–Crippen LogP) is 2.26. The standard InChI is InChI=1S/C10H8BrNO3/c11-8-3-6(13)2-7-5(1-9(14)15)4-12-10(7)8/h2-4,12-13H,1H2,(H,14,15). The van der Waals surface area contributed by atoms with Crippen molar-refractivity contribution in [3.05, 3.63) is 28.4 Å². The lowest BCUT2D eigenvalue weighted by atomic mass is 10.1. The van der Waals surface area contributed by atoms with Gasteiger partial charge in [0.1, 0.15) is 5.75 Å². The molecule has 78 valence electrons. The maximum absolute atomic E-state index is 10.6. The molecule has 1 aromatic heterocycles. The van der Waals surface area contributed by atoms with Gasteiger partial charge in [-0.3, -0.25) is 4.79 Å². The molecule has 0 amide bonds. The SMILES string of the molecule is O=C(O)Cc1c[nH]c2c(Br)cc(O)cc12. The number of halogens is 1. The number of phenols is 1. The molecule has 0 aliphatic carbocycles. The topological polar surface area (TPSA) is 73.3 Å². The maximum atomic E-state index is 10.6. The number of hydrogen-bond donors (Lipinski definition) is 3. The lowest BCUT2D eigenvalue weighted by Crippen LogP contribution is -1.98. The summed E-state index contributed by atoms with van der Waals surface area (Å²) in [7, 11) is 0. The van der Waals surface area contributed by atoms with Gasteiger partial charge in [-0.15, -0.1) is 0 Å². The summed E-state index contributed by atoms with van der Waals surface area (Å²) in [6, 6.07) is 3.11. The third kappa shape index (κ3) is 1.83. The van der Waals surface area contributed by atoms with E-state index in [0.717, 1.165) is 10.9 Å². The summed E-state index contributed by atoms with van der Waals surface area (Å²) >= 11 is 3.29. The summed E-state index contributed by atoms with van der Waals surface area (Å²) in [6.07, 6.45) is 1.58. The number of benzene rings is 1. The average molecular weight is 270 g/mol. The highest BCUT2D eigenvalue weighted by Gasteiger charge is 2.10. The third-order valence-corrected chi connectivity index (χ3v) is 2.78. The molecule has 0 fully saturated rings. The number of aliphatic carboxylic acids is 1. The van der Waals surface area contributed by atoms with Crippen LogP contribution in [0.5, 0.6) is 5.75 Å². The molecule has 0 saturated heterocycles. The van der Waals surface area contributed by atoms with Crippen LogP contribution in [0.15, 0.2) is 22.8 Å². The van der Waals surface area contributed by atoms with Gasteiger partial charge in [0.05, 0.1) is 11.9 Å². The Balaban J connectivity index is 2.63. The highest BCUT2D eigenvalue weighted by atomic mass is 79.9. The zero-order chi connectivity index (χ0) is 11.0. The van der Waals surface area contributed by atoms with E-state index in [1.807, 2.05) is 0 Å². The van der Waals surface area contributed by atoms with Gasteiger partial charge in [0.2, 0.25) is 0 Å². The Bertz CT molecular complexity index is 533. The summed E-state index contributed by atoms with van der Waals surface area (Å²) < 4.78 is 0.717. The minimum atomic E-state index is -0.893. The van der Waals surface area contributed by atoms with Crippen LogP contribution in [0, 0.1) is 0 Å². The number of phenolic OH excluding ortho intramolecular Hbond substituents is 1. The van der Waals surface area contributed by atoms with E-state index < -0.39 is 5.97 Å². The van der Waals surface area contributed by atoms with Gasteiger partial charge < -0.3 is 15.2 Å². The first-order valence-corrected chi connectivity index (χ1v) is 5.07. The van der Waals surface area contributed by atoms with E-state index in [0.29, 0.717) is 10.0 Å². The Hall–Kier alpha value is -1.49. The van der Waals surface area contributed by atoms with E-state index in [1.54, 1.807) is 18.3 Å². The summed E-state index contributed by atoms with van der Waals surface area (Å²) in [5.41, 5.74) is 1.46. The molecule has 1 aromatic carbocycles. The number of hydrogen-bond acceptors (Lipinski definition) is 2. The zero-order valence-electron chi connectivity index (χ0n) is 7.62. The zero-order valence-corrected chi connectivity index (χ0v) is 9.21. The van der Waals surface area contributed by atoms with Crippen LogP contribution in [0.4, 0.5) is 0 Å². The molecule has 5 heteroatoms. The summed E-state index contributed by atoms with van der Waals surface area (Å²) in [5, 5.41) is 18.8. The fraction of sp³-hybridized carbons (Fsp3) is 0.100. The summed E-state index contributed by atoms with van der Waals surface area (Å²) in [4.78, 5) is 13.6. The van der Waals surface area contributed by atoms with E-state index in [1.165, 1.54) is 0 Å². The molecule has 0 bridgehead atoms. The number of H-pyrrole nitrogens is 1. The van der Waals surface area contributed by atoms with Crippen LogP contribution in [0.3, 0.4) is 0 Å². The fourth-order valence-corrected chi connectivity index (χ4v) is 2.10. The number of fused-ring (bicyclic) bond motifs is 1. The average Bonchev–Trinajstić information content (AvgIpc) is 2.48. The van der Waals surface area contributed by atoms with Crippen LogP contribution in [0.2, 0.25) is 0 Å². The first kappa shape index (κ1) is 10.0. The van der Waals surface area contributed by atoms with Gasteiger partial charge in [-0.25, -0.2) is 0 Å². The van der Waals surface area contributed by atoms with E-state index >= 15 is 0 Å². The molecule has 15 heavy (non-hydrogen) atoms. The highest BCUT2D eigenvalue weighted by molar-refractivity contribution is 9.10. The second kappa shape index (κ2) is 3.58. The lowest BCUT2D eigenvalue weighted by molar-refractivity contribution is -0.136. The van der Waals surface area contributed by atoms with Crippen LogP contribution in [-0.2, 0) is 11.2 Å². The van der Waals surface area contributed by atoms with E-state index in [-0.39, 0.29) is 12.2 Å². The van der Waals surface area contributed by atoms with Crippen molar-refractivity contribution < 1.29 is 15.0 Å². The van der Waals surface area contributed by atoms with E-state index in [2.05, 4.69) is 20.9 Å². The molecule has 0 aliphatic heterocycles. The van der Waals surface area contributed by atoms with Crippen molar-refractivity contribution >= 4 is 32.8 Å². The smallest absolute Gasteiger partial charge is 0.307 e. The van der Waals surface area contributed by atoms with E-state index in [9.17, 15) is 9.90 Å². The molecule has 0 unspecified atom stereocenters. The molecule has 2 rings (SSSR count). The molecule has 0 aliphatic rings. The Morgan fingerprint density at radius 1 is 1.47 bits per heavy atom. The van der Waals surface area contributed by atoms with Gasteiger partial charge >= 0.3 is 5.97 Å². The number of nitrogens with one attached hydrogen (secondary N) is 1. The van der Waals surface area contributed by atoms with Crippen LogP contribution in [-0.4, -0.2) is 21.2 Å². The Morgan fingerprint density at radius 3 is 2.87 bits per heavy atom. The molecule has 0 radical (unpaired) electrons. The lowest BCUT2D eigenvalue weighted by Gasteiger charge is -1.98. The molecular weight excluding hydrogens is 262 g/mol. The van der Waals surface area contributed by atoms with Crippen molar-refractivity contribution in [2.75, 3.05) is 0 Å². The van der Waals surface area contributed by atoms with Gasteiger partial charge in [0.15, 0.2) is 0 Å². The minimum absolute atomic E-state index is 0.0596. The number of carbonyl (C=O) groups is 1. The number of carboxylic acid groups (broad SMARTS) is 1. The summed E-state index contributed by atoms with van der Waals surface area (Å²) in [6.45, 7) is 0. The van der Waals surface area contributed by atoms with Crippen LogP contribution in [0.1, 0.15) is 5.56 Å². The Kier molecular flexibility index (Phi) is 2.40. The van der Waals surface area contributed by atoms with Gasteiger partial charge in [-0.05, 0) is 33.6 Å². The highest BCUT2D eigenvalue weighted by Crippen LogP contribution is 2.30. The fourth-order valence-electron chi connectivity index (χ4n) is 1.54. The molecular formula is C10H8BrNO3. The molecule has 1 heterocycles. The maximum Gasteiger partial charge on any atom is 0.307 e. The first-order chi connectivity index (χ1) is 7.08. The van der Waals surface area contributed by atoms with Crippen molar-refractivity contribution in [3.8, 4) is 5.75 Å². The number of aromatic nitrogens is 1. The third-order valence-electron chi connectivity index (χ3n) is 2.15. The van der Waals surface area contributed by atoms with Crippen molar-refractivity contribution in [1.82, 2.24) is 4.98 Å².